The van der Waals surface area contributed by atoms with Gasteiger partial charge in [0.15, 0.2) is 0 Å². The number of fused-ring (bicyclic) bond motifs is 1. The Morgan fingerprint density at radius 2 is 2.03 bits per heavy atom. The molecule has 0 saturated heterocycles. The van der Waals surface area contributed by atoms with Crippen molar-refractivity contribution in [1.82, 2.24) is 4.98 Å². The molecule has 0 aliphatic heterocycles. The molecule has 3 aliphatic carbocycles. The average Bonchev–Trinajstić information content (AvgIpc) is 3.13. The molecule has 0 aromatic carbocycles. The van der Waals surface area contributed by atoms with Crippen LogP contribution in [-0.4, -0.2) is 33.2 Å². The Bertz CT molecular complexity index is 863. The van der Waals surface area contributed by atoms with Crippen molar-refractivity contribution in [3.8, 4) is 0 Å². The van der Waals surface area contributed by atoms with Crippen LogP contribution in [0.15, 0.2) is 64.9 Å². The summed E-state index contributed by atoms with van der Waals surface area (Å²) in [5.74, 6) is 3.36. The lowest BCUT2D eigenvalue weighted by atomic mass is 9.61. The molecule has 1 heterocycles. The Morgan fingerprint density at radius 3 is 2.81 bits per heavy atom. The summed E-state index contributed by atoms with van der Waals surface area (Å²) in [6.07, 6.45) is 15.8. The number of hydrogen-bond acceptors (Lipinski definition) is 4. The molecule has 1 aromatic heterocycles. The third kappa shape index (κ3) is 5.08. The van der Waals surface area contributed by atoms with Crippen LogP contribution in [0.3, 0.4) is 0 Å². The van der Waals surface area contributed by atoms with E-state index in [-0.39, 0.29) is 0 Å². The Labute approximate surface area is 198 Å². The molecule has 2 N–H and O–H groups in total. The van der Waals surface area contributed by atoms with E-state index in [4.69, 9.17) is 0 Å². The van der Waals surface area contributed by atoms with Crippen LogP contribution >= 0.6 is 11.8 Å². The summed E-state index contributed by atoms with van der Waals surface area (Å²) in [4.78, 5) is 5.43. The highest BCUT2D eigenvalue weighted by molar-refractivity contribution is 7.99. The third-order valence-corrected chi connectivity index (χ3v) is 9.53. The van der Waals surface area contributed by atoms with Gasteiger partial charge in [-0.15, -0.1) is 11.8 Å². The standard InChI is InChI=1S/C28H39NO2S/c1-19(12-16-32-24-10-14-29-15-11-24)25-8-9-26-21(5-4-13-28(25,26)3)6-7-22-17-23(30)18-27(31)20(22)2/h6-7,10-11,14-15,19,23,25-27,30-31H,2,4-5,8-9,12-13,16-18H2,1,3H3/b21-6+,22-7-/t19-,23-,25?,26+,27+,28-/m1/s1. The van der Waals surface area contributed by atoms with Crippen LogP contribution in [0.1, 0.15) is 65.2 Å². The summed E-state index contributed by atoms with van der Waals surface area (Å²) in [6, 6.07) is 4.21. The Kier molecular flexibility index (Phi) is 7.64. The molecule has 3 saturated carbocycles. The summed E-state index contributed by atoms with van der Waals surface area (Å²) in [7, 11) is 0. The molecule has 6 atom stereocenters. The normalized spacial score (nSPS) is 36.4. The lowest BCUT2D eigenvalue weighted by Gasteiger charge is -2.44. The number of nitrogens with zero attached hydrogens (tertiary/aromatic N) is 1. The van der Waals surface area contributed by atoms with E-state index < -0.39 is 12.2 Å². The number of rotatable bonds is 6. The lowest BCUT2D eigenvalue weighted by molar-refractivity contribution is 0.0861. The number of aliphatic hydroxyl groups excluding tert-OH is 2. The molecule has 32 heavy (non-hydrogen) atoms. The highest BCUT2D eigenvalue weighted by Gasteiger charge is 2.50. The summed E-state index contributed by atoms with van der Waals surface area (Å²) in [5, 5.41) is 20.2. The number of hydrogen-bond donors (Lipinski definition) is 2. The van der Waals surface area contributed by atoms with Gasteiger partial charge in [0.1, 0.15) is 0 Å². The van der Waals surface area contributed by atoms with Gasteiger partial charge in [0.2, 0.25) is 0 Å². The highest BCUT2D eigenvalue weighted by Crippen LogP contribution is 2.59. The van der Waals surface area contributed by atoms with Crippen LogP contribution in [0.4, 0.5) is 0 Å². The quantitative estimate of drug-likeness (QED) is 0.493. The van der Waals surface area contributed by atoms with Crippen molar-refractivity contribution in [1.29, 1.82) is 0 Å². The van der Waals surface area contributed by atoms with Gasteiger partial charge in [0, 0.05) is 23.7 Å². The second-order valence-corrected chi connectivity index (χ2v) is 11.6. The minimum absolute atomic E-state index is 0.395. The maximum Gasteiger partial charge on any atom is 0.0811 e. The van der Waals surface area contributed by atoms with Gasteiger partial charge in [-0.1, -0.05) is 38.2 Å². The molecule has 0 bridgehead atoms. The van der Waals surface area contributed by atoms with E-state index in [9.17, 15) is 10.2 Å². The highest BCUT2D eigenvalue weighted by atomic mass is 32.2. The average molecular weight is 454 g/mol. The van der Waals surface area contributed by atoms with E-state index in [2.05, 4.69) is 49.7 Å². The number of allylic oxidation sites excluding steroid dienone is 3. The summed E-state index contributed by atoms with van der Waals surface area (Å²) in [6.45, 7) is 9.10. The molecule has 1 unspecified atom stereocenters. The molecule has 0 radical (unpaired) electrons. The van der Waals surface area contributed by atoms with Crippen molar-refractivity contribution in [2.45, 2.75) is 82.3 Å². The van der Waals surface area contributed by atoms with Crippen molar-refractivity contribution in [3.63, 3.8) is 0 Å². The molecule has 3 aliphatic rings. The SMILES string of the molecule is C=C1/C(=C\C=C2/CCC[C@]3(C)C([C@H](C)CCSc4ccncc4)CC[C@@H]23)C[C@@H](O)C[C@@H]1O. The predicted molar refractivity (Wildman–Crippen MR) is 133 cm³/mol. The Balaban J connectivity index is 1.41. The van der Waals surface area contributed by atoms with E-state index >= 15 is 0 Å². The van der Waals surface area contributed by atoms with Crippen molar-refractivity contribution in [2.24, 2.45) is 23.2 Å². The van der Waals surface area contributed by atoms with Crippen LogP contribution in [0.25, 0.3) is 0 Å². The van der Waals surface area contributed by atoms with Crippen LogP contribution in [0.5, 0.6) is 0 Å². The summed E-state index contributed by atoms with van der Waals surface area (Å²) >= 11 is 1.95. The Morgan fingerprint density at radius 1 is 1.25 bits per heavy atom. The molecule has 4 rings (SSSR count). The third-order valence-electron chi connectivity index (χ3n) is 8.48. The van der Waals surface area contributed by atoms with Crippen molar-refractivity contribution in [2.75, 3.05) is 5.75 Å². The first-order valence-corrected chi connectivity index (χ1v) is 13.3. The number of pyridine rings is 1. The van der Waals surface area contributed by atoms with E-state index in [1.807, 2.05) is 24.2 Å². The largest absolute Gasteiger partial charge is 0.393 e. The van der Waals surface area contributed by atoms with E-state index in [0.29, 0.717) is 24.2 Å². The second kappa shape index (κ2) is 10.3. The fraction of sp³-hybridized carbons (Fsp3) is 0.607. The van der Waals surface area contributed by atoms with Gasteiger partial charge in [-0.2, -0.15) is 0 Å². The molecular weight excluding hydrogens is 414 g/mol. The maximum atomic E-state index is 10.2. The fourth-order valence-corrected chi connectivity index (χ4v) is 7.72. The molecule has 3 nitrogen and oxygen atoms in total. The van der Waals surface area contributed by atoms with Crippen LogP contribution in [0, 0.1) is 23.2 Å². The number of aromatic nitrogens is 1. The minimum Gasteiger partial charge on any atom is -0.393 e. The van der Waals surface area contributed by atoms with Gasteiger partial charge >= 0.3 is 0 Å². The van der Waals surface area contributed by atoms with Gasteiger partial charge in [-0.3, -0.25) is 4.98 Å². The second-order valence-electron chi connectivity index (χ2n) is 10.5. The van der Waals surface area contributed by atoms with Gasteiger partial charge in [-0.05, 0) is 97.1 Å². The van der Waals surface area contributed by atoms with E-state index in [1.54, 1.807) is 5.57 Å². The van der Waals surface area contributed by atoms with Gasteiger partial charge in [-0.25, -0.2) is 0 Å². The maximum absolute atomic E-state index is 10.2. The van der Waals surface area contributed by atoms with Crippen LogP contribution in [-0.2, 0) is 0 Å². The molecule has 174 valence electrons. The molecular formula is C28H39NO2S. The van der Waals surface area contributed by atoms with Crippen molar-refractivity contribution >= 4 is 11.8 Å². The Hall–Kier alpha value is -1.36. The zero-order chi connectivity index (χ0) is 22.7. The summed E-state index contributed by atoms with van der Waals surface area (Å²) < 4.78 is 0. The predicted octanol–water partition coefficient (Wildman–Crippen LogP) is 6.34. The number of thioether (sulfide) groups is 1. The zero-order valence-corrected chi connectivity index (χ0v) is 20.5. The van der Waals surface area contributed by atoms with E-state index in [0.717, 1.165) is 23.0 Å². The van der Waals surface area contributed by atoms with Crippen LogP contribution in [0.2, 0.25) is 0 Å². The van der Waals surface area contributed by atoms with Gasteiger partial charge < -0.3 is 10.2 Å². The molecule has 4 heteroatoms. The fourth-order valence-electron chi connectivity index (χ4n) is 6.68. The molecule has 0 amide bonds. The first-order valence-electron chi connectivity index (χ1n) is 12.4. The van der Waals surface area contributed by atoms with Crippen molar-refractivity contribution in [3.05, 3.63) is 60.0 Å². The molecule has 1 aromatic rings. The number of aliphatic hydroxyl groups is 2. The van der Waals surface area contributed by atoms with Crippen LogP contribution < -0.4 is 0 Å². The van der Waals surface area contributed by atoms with Gasteiger partial charge in [0.25, 0.3) is 0 Å². The first-order chi connectivity index (χ1) is 15.4. The lowest BCUT2D eigenvalue weighted by Crippen LogP contribution is -2.36. The topological polar surface area (TPSA) is 53.4 Å². The minimum atomic E-state index is -0.609. The first kappa shape index (κ1) is 23.8. The molecule has 0 spiro atoms. The van der Waals surface area contributed by atoms with E-state index in [1.165, 1.54) is 49.2 Å². The molecule has 3 fully saturated rings. The summed E-state index contributed by atoms with van der Waals surface area (Å²) in [5.41, 5.74) is 3.78. The van der Waals surface area contributed by atoms with Crippen molar-refractivity contribution < 1.29 is 10.2 Å². The zero-order valence-electron chi connectivity index (χ0n) is 19.7. The van der Waals surface area contributed by atoms with Gasteiger partial charge in [0.05, 0.1) is 12.2 Å². The smallest absolute Gasteiger partial charge is 0.0811 e. The monoisotopic (exact) mass is 453 g/mol.